The third-order valence-electron chi connectivity index (χ3n) is 2.45. The van der Waals surface area contributed by atoms with Gasteiger partial charge in [-0.1, -0.05) is 6.92 Å². The van der Waals surface area contributed by atoms with Crippen molar-refractivity contribution >= 4 is 5.97 Å². The molecule has 1 unspecified atom stereocenters. The minimum absolute atomic E-state index is 0.0993. The summed E-state index contributed by atoms with van der Waals surface area (Å²) >= 11 is 0. The summed E-state index contributed by atoms with van der Waals surface area (Å²) in [5, 5.41) is 3.07. The summed E-state index contributed by atoms with van der Waals surface area (Å²) in [5.41, 5.74) is 5.64. The SMILES string of the molecule is CC(COC(=O)C(F)(F)F)[C@@H](N)COCNC(C)(C)C. The van der Waals surface area contributed by atoms with Crippen LogP contribution in [-0.4, -0.2) is 43.7 Å². The van der Waals surface area contributed by atoms with Crippen molar-refractivity contribution in [2.24, 2.45) is 11.7 Å². The Morgan fingerprint density at radius 1 is 1.25 bits per heavy atom. The van der Waals surface area contributed by atoms with Gasteiger partial charge in [0.1, 0.15) is 0 Å². The predicted molar refractivity (Wildman–Crippen MR) is 67.9 cm³/mol. The lowest BCUT2D eigenvalue weighted by Gasteiger charge is -2.23. The largest absolute Gasteiger partial charge is 0.490 e. The van der Waals surface area contributed by atoms with Crippen LogP contribution in [0, 0.1) is 5.92 Å². The molecule has 0 amide bonds. The highest BCUT2D eigenvalue weighted by atomic mass is 19.4. The highest BCUT2D eigenvalue weighted by Crippen LogP contribution is 2.17. The van der Waals surface area contributed by atoms with E-state index in [0.29, 0.717) is 0 Å². The van der Waals surface area contributed by atoms with Crippen LogP contribution >= 0.6 is 0 Å². The van der Waals surface area contributed by atoms with Gasteiger partial charge in [0.15, 0.2) is 0 Å². The van der Waals surface area contributed by atoms with Crippen LogP contribution in [0.25, 0.3) is 0 Å². The Kier molecular flexibility index (Phi) is 7.46. The van der Waals surface area contributed by atoms with Crippen molar-refractivity contribution in [1.29, 1.82) is 0 Å². The lowest BCUT2D eigenvalue weighted by Crippen LogP contribution is -2.41. The molecule has 8 heteroatoms. The number of hydrogen-bond donors (Lipinski definition) is 2. The molecular formula is C12H23F3N2O3. The number of alkyl halides is 3. The Balaban J connectivity index is 3.87. The van der Waals surface area contributed by atoms with Crippen molar-refractivity contribution < 1.29 is 27.4 Å². The van der Waals surface area contributed by atoms with Crippen LogP contribution in [0.4, 0.5) is 13.2 Å². The fourth-order valence-electron chi connectivity index (χ4n) is 1.04. The molecule has 0 bridgehead atoms. The van der Waals surface area contributed by atoms with Gasteiger partial charge >= 0.3 is 12.1 Å². The lowest BCUT2D eigenvalue weighted by atomic mass is 10.1. The van der Waals surface area contributed by atoms with Crippen LogP contribution in [0.3, 0.4) is 0 Å². The highest BCUT2D eigenvalue weighted by Gasteiger charge is 2.41. The van der Waals surface area contributed by atoms with Crippen LogP contribution in [-0.2, 0) is 14.3 Å². The van der Waals surface area contributed by atoms with Crippen LogP contribution in [0.1, 0.15) is 27.7 Å². The molecule has 0 saturated heterocycles. The molecule has 0 aliphatic rings. The van der Waals surface area contributed by atoms with E-state index in [0.717, 1.165) is 0 Å². The van der Waals surface area contributed by atoms with Gasteiger partial charge in [-0.2, -0.15) is 13.2 Å². The number of hydrogen-bond acceptors (Lipinski definition) is 5. The Bertz CT molecular complexity index is 303. The second-order valence-electron chi connectivity index (χ2n) is 5.68. The van der Waals surface area contributed by atoms with E-state index in [2.05, 4.69) is 10.1 Å². The molecule has 0 saturated carbocycles. The van der Waals surface area contributed by atoms with Crippen molar-refractivity contribution in [1.82, 2.24) is 5.32 Å². The second kappa shape index (κ2) is 7.80. The van der Waals surface area contributed by atoms with Gasteiger partial charge < -0.3 is 15.2 Å². The topological polar surface area (TPSA) is 73.6 Å². The maximum atomic E-state index is 11.9. The average Bonchev–Trinajstić information content (AvgIpc) is 2.28. The minimum Gasteiger partial charge on any atom is -0.459 e. The van der Waals surface area contributed by atoms with Crippen molar-refractivity contribution in [2.75, 3.05) is 19.9 Å². The molecular weight excluding hydrogens is 277 g/mol. The van der Waals surface area contributed by atoms with Gasteiger partial charge in [0.2, 0.25) is 0 Å². The molecule has 20 heavy (non-hydrogen) atoms. The molecule has 0 aliphatic heterocycles. The number of nitrogens with two attached hydrogens (primary N) is 1. The Labute approximate surface area is 117 Å². The Morgan fingerprint density at radius 2 is 1.80 bits per heavy atom. The molecule has 0 spiro atoms. The van der Waals surface area contributed by atoms with E-state index in [1.807, 2.05) is 20.8 Å². The lowest BCUT2D eigenvalue weighted by molar-refractivity contribution is -0.201. The fourth-order valence-corrected chi connectivity index (χ4v) is 1.04. The molecule has 0 fully saturated rings. The zero-order valence-corrected chi connectivity index (χ0v) is 12.2. The first kappa shape index (κ1) is 19.1. The molecule has 0 aromatic rings. The van der Waals surface area contributed by atoms with Crippen LogP contribution in [0.5, 0.6) is 0 Å². The van der Waals surface area contributed by atoms with E-state index in [4.69, 9.17) is 10.5 Å². The van der Waals surface area contributed by atoms with E-state index in [9.17, 15) is 18.0 Å². The van der Waals surface area contributed by atoms with E-state index < -0.39 is 30.7 Å². The standard InChI is InChI=1S/C12H23F3N2O3/c1-8(5-20-10(18)12(13,14)15)9(16)6-19-7-17-11(2,3)4/h8-9,17H,5-7,16H2,1-4H3/t8?,9-/m0/s1. The fraction of sp³-hybridized carbons (Fsp3) is 0.917. The van der Waals surface area contributed by atoms with Crippen molar-refractivity contribution in [3.8, 4) is 0 Å². The zero-order valence-electron chi connectivity index (χ0n) is 12.2. The first-order valence-corrected chi connectivity index (χ1v) is 6.26. The number of carbonyl (C=O) groups is 1. The zero-order chi connectivity index (χ0) is 16.0. The van der Waals surface area contributed by atoms with E-state index in [1.165, 1.54) is 0 Å². The number of nitrogens with one attached hydrogen (secondary N) is 1. The smallest absolute Gasteiger partial charge is 0.459 e. The van der Waals surface area contributed by atoms with E-state index >= 15 is 0 Å². The quantitative estimate of drug-likeness (QED) is 0.422. The molecule has 5 nitrogen and oxygen atoms in total. The molecule has 0 aliphatic carbocycles. The number of ether oxygens (including phenoxy) is 2. The summed E-state index contributed by atoms with van der Waals surface area (Å²) in [5.74, 6) is -2.64. The van der Waals surface area contributed by atoms with Crippen molar-refractivity contribution in [2.45, 2.75) is 45.5 Å². The average molecular weight is 300 g/mol. The molecule has 2 atom stereocenters. The summed E-state index contributed by atoms with van der Waals surface area (Å²) in [6.45, 7) is 7.55. The van der Waals surface area contributed by atoms with Gasteiger partial charge in [0.05, 0.1) is 19.9 Å². The highest BCUT2D eigenvalue weighted by molar-refractivity contribution is 5.75. The first-order chi connectivity index (χ1) is 8.93. The summed E-state index contributed by atoms with van der Waals surface area (Å²) in [7, 11) is 0. The van der Waals surface area contributed by atoms with Crippen LogP contribution in [0.15, 0.2) is 0 Å². The van der Waals surface area contributed by atoms with Gasteiger partial charge in [0, 0.05) is 17.5 Å². The summed E-state index contributed by atoms with van der Waals surface area (Å²) in [6, 6.07) is -0.516. The summed E-state index contributed by atoms with van der Waals surface area (Å²) in [4.78, 5) is 10.5. The third kappa shape index (κ3) is 9.11. The van der Waals surface area contributed by atoms with Gasteiger partial charge in [0.25, 0.3) is 0 Å². The second-order valence-corrected chi connectivity index (χ2v) is 5.68. The minimum atomic E-state index is -4.98. The summed E-state index contributed by atoms with van der Waals surface area (Å²) < 4.78 is 45.2. The predicted octanol–water partition coefficient (Wildman–Crippen LogP) is 1.42. The molecule has 0 radical (unpaired) electrons. The Morgan fingerprint density at radius 3 is 2.25 bits per heavy atom. The molecule has 120 valence electrons. The number of carbonyl (C=O) groups excluding carboxylic acids is 1. The molecule has 0 aromatic heterocycles. The van der Waals surface area contributed by atoms with E-state index in [1.54, 1.807) is 6.92 Å². The molecule has 0 heterocycles. The Hall–Kier alpha value is -0.860. The third-order valence-corrected chi connectivity index (χ3v) is 2.45. The monoisotopic (exact) mass is 300 g/mol. The van der Waals surface area contributed by atoms with Crippen molar-refractivity contribution in [3.05, 3.63) is 0 Å². The van der Waals surface area contributed by atoms with Gasteiger partial charge in [-0.25, -0.2) is 4.79 Å². The summed E-state index contributed by atoms with van der Waals surface area (Å²) in [6.07, 6.45) is -4.98. The number of rotatable bonds is 7. The van der Waals surface area contributed by atoms with Gasteiger partial charge in [-0.3, -0.25) is 5.32 Å². The molecule has 0 aromatic carbocycles. The van der Waals surface area contributed by atoms with Crippen LogP contribution in [0.2, 0.25) is 0 Å². The van der Waals surface area contributed by atoms with Crippen LogP contribution < -0.4 is 11.1 Å². The van der Waals surface area contributed by atoms with Gasteiger partial charge in [-0.15, -0.1) is 0 Å². The molecule has 0 rings (SSSR count). The van der Waals surface area contributed by atoms with Crippen molar-refractivity contribution in [3.63, 3.8) is 0 Å². The first-order valence-electron chi connectivity index (χ1n) is 6.26. The maximum absolute atomic E-state index is 11.9. The number of halogens is 3. The molecule has 3 N–H and O–H groups in total. The van der Waals surface area contributed by atoms with E-state index in [-0.39, 0.29) is 18.9 Å². The maximum Gasteiger partial charge on any atom is 0.490 e. The van der Waals surface area contributed by atoms with Gasteiger partial charge in [-0.05, 0) is 20.8 Å². The normalized spacial score (nSPS) is 15.8. The number of esters is 1.